The van der Waals surface area contributed by atoms with Crippen LogP contribution < -0.4 is 10.6 Å². The molecule has 0 radical (unpaired) electrons. The number of amides is 1. The number of rotatable bonds is 6. The molecule has 0 spiro atoms. The van der Waals surface area contributed by atoms with Crippen molar-refractivity contribution in [1.82, 2.24) is 15.5 Å². The number of nitrogens with zero attached hydrogens (tertiary/aromatic N) is 1. The third-order valence-electron chi connectivity index (χ3n) is 5.60. The lowest BCUT2D eigenvalue weighted by Crippen LogP contribution is -2.54. The molecule has 2 aliphatic heterocycles. The molecule has 1 amide bonds. The molecule has 0 atom stereocenters. The van der Waals surface area contributed by atoms with Gasteiger partial charge in [-0.3, -0.25) is 4.79 Å². The van der Waals surface area contributed by atoms with Crippen LogP contribution in [-0.4, -0.2) is 63.3 Å². The fourth-order valence-electron chi connectivity index (χ4n) is 3.88. The maximum absolute atomic E-state index is 12.8. The summed E-state index contributed by atoms with van der Waals surface area (Å²) >= 11 is 0. The predicted octanol–water partition coefficient (Wildman–Crippen LogP) is 1.84. The van der Waals surface area contributed by atoms with Gasteiger partial charge in [-0.05, 0) is 57.5 Å². The lowest BCUT2D eigenvalue weighted by Gasteiger charge is -2.38. The molecule has 2 saturated heterocycles. The summed E-state index contributed by atoms with van der Waals surface area (Å²) in [6.07, 6.45) is 6.80. The zero-order valence-electron chi connectivity index (χ0n) is 14.7. The van der Waals surface area contributed by atoms with E-state index in [0.29, 0.717) is 12.6 Å². The van der Waals surface area contributed by atoms with Crippen molar-refractivity contribution >= 4 is 30.7 Å². The van der Waals surface area contributed by atoms with Gasteiger partial charge in [0.25, 0.3) is 0 Å². The maximum Gasteiger partial charge on any atom is 0.228 e. The summed E-state index contributed by atoms with van der Waals surface area (Å²) < 4.78 is 5.37. The molecule has 1 aliphatic carbocycles. The van der Waals surface area contributed by atoms with Gasteiger partial charge in [-0.15, -0.1) is 24.8 Å². The summed E-state index contributed by atoms with van der Waals surface area (Å²) in [6.45, 7) is 5.93. The van der Waals surface area contributed by atoms with Crippen molar-refractivity contribution in [2.45, 2.75) is 44.6 Å². The molecule has 3 rings (SSSR count). The van der Waals surface area contributed by atoms with Gasteiger partial charge in [0.05, 0.1) is 12.0 Å². The zero-order valence-corrected chi connectivity index (χ0v) is 16.4. The van der Waals surface area contributed by atoms with Crippen molar-refractivity contribution in [2.75, 3.05) is 46.4 Å². The van der Waals surface area contributed by atoms with Crippen molar-refractivity contribution in [3.8, 4) is 0 Å². The molecule has 3 aliphatic rings. The third kappa shape index (κ3) is 5.73. The number of halogens is 2. The van der Waals surface area contributed by atoms with Crippen LogP contribution in [0.5, 0.6) is 0 Å². The first-order chi connectivity index (χ1) is 10.7. The molecule has 0 bridgehead atoms. The highest BCUT2D eigenvalue weighted by Crippen LogP contribution is 2.32. The first-order valence-electron chi connectivity index (χ1n) is 8.95. The molecule has 7 heteroatoms. The number of likely N-dealkylation sites (tertiary alicyclic amines) is 1. The fourth-order valence-corrected chi connectivity index (χ4v) is 3.88. The largest absolute Gasteiger partial charge is 0.384 e. The van der Waals surface area contributed by atoms with E-state index in [1.165, 1.54) is 19.4 Å². The lowest BCUT2D eigenvalue weighted by molar-refractivity contribution is -0.137. The van der Waals surface area contributed by atoms with Gasteiger partial charge >= 0.3 is 0 Å². The van der Waals surface area contributed by atoms with Crippen LogP contribution in [0.25, 0.3) is 0 Å². The number of ether oxygens (including phenoxy) is 1. The van der Waals surface area contributed by atoms with Crippen LogP contribution in [-0.2, 0) is 9.53 Å². The summed E-state index contributed by atoms with van der Waals surface area (Å²) in [5.74, 6) is 1.18. The van der Waals surface area contributed by atoms with Gasteiger partial charge in [0.15, 0.2) is 0 Å². The topological polar surface area (TPSA) is 53.6 Å². The monoisotopic (exact) mass is 381 g/mol. The minimum absolute atomic E-state index is 0. The van der Waals surface area contributed by atoms with Crippen LogP contribution in [0.3, 0.4) is 0 Å². The molecule has 2 N–H and O–H groups in total. The molecule has 0 unspecified atom stereocenters. The lowest BCUT2D eigenvalue weighted by atomic mass is 9.78. The van der Waals surface area contributed by atoms with Gasteiger partial charge in [-0.25, -0.2) is 0 Å². The van der Waals surface area contributed by atoms with Crippen LogP contribution in [0, 0.1) is 11.3 Å². The third-order valence-corrected chi connectivity index (χ3v) is 5.60. The number of methoxy groups -OCH3 is 1. The second kappa shape index (κ2) is 10.2. The molecule has 142 valence electrons. The van der Waals surface area contributed by atoms with E-state index in [-0.39, 0.29) is 36.1 Å². The summed E-state index contributed by atoms with van der Waals surface area (Å²) in [5, 5.41) is 6.67. The Kier molecular flexibility index (Phi) is 9.31. The van der Waals surface area contributed by atoms with Crippen LogP contribution >= 0.6 is 24.8 Å². The van der Waals surface area contributed by atoms with Crippen molar-refractivity contribution in [3.05, 3.63) is 0 Å². The molecule has 0 aromatic carbocycles. The van der Waals surface area contributed by atoms with Gasteiger partial charge in [0, 0.05) is 32.8 Å². The van der Waals surface area contributed by atoms with Gasteiger partial charge < -0.3 is 20.3 Å². The predicted molar refractivity (Wildman–Crippen MR) is 101 cm³/mol. The second-order valence-electron chi connectivity index (χ2n) is 7.46. The van der Waals surface area contributed by atoms with Gasteiger partial charge in [0.1, 0.15) is 0 Å². The molecule has 1 saturated carbocycles. The van der Waals surface area contributed by atoms with Gasteiger partial charge in [-0.2, -0.15) is 0 Å². The van der Waals surface area contributed by atoms with Crippen LogP contribution in [0.4, 0.5) is 0 Å². The number of hydrogen-bond donors (Lipinski definition) is 2. The molecular formula is C17H33Cl2N3O2. The SMILES string of the molecule is COCC1(C(=O)NC2CCN(CC3CC3)CC2)CCNCC1.Cl.Cl. The van der Waals surface area contributed by atoms with Gasteiger partial charge in [0.2, 0.25) is 5.91 Å². The van der Waals surface area contributed by atoms with E-state index in [4.69, 9.17) is 4.74 Å². The number of nitrogens with one attached hydrogen (secondary N) is 2. The van der Waals surface area contributed by atoms with Crippen LogP contribution in [0.15, 0.2) is 0 Å². The average molecular weight is 382 g/mol. The van der Waals surface area contributed by atoms with E-state index in [0.717, 1.165) is 57.8 Å². The minimum Gasteiger partial charge on any atom is -0.384 e. The van der Waals surface area contributed by atoms with Crippen LogP contribution in [0.2, 0.25) is 0 Å². The average Bonchev–Trinajstić information content (AvgIpc) is 3.34. The van der Waals surface area contributed by atoms with E-state index in [2.05, 4.69) is 15.5 Å². The Bertz CT molecular complexity index is 375. The van der Waals surface area contributed by atoms with E-state index in [9.17, 15) is 4.79 Å². The Morgan fingerprint density at radius 2 is 1.79 bits per heavy atom. The highest BCUT2D eigenvalue weighted by molar-refractivity contribution is 5.85. The summed E-state index contributed by atoms with van der Waals surface area (Å²) in [4.78, 5) is 15.4. The van der Waals surface area contributed by atoms with Crippen molar-refractivity contribution in [1.29, 1.82) is 0 Å². The molecule has 5 nitrogen and oxygen atoms in total. The molecule has 3 fully saturated rings. The maximum atomic E-state index is 12.8. The fraction of sp³-hybridized carbons (Fsp3) is 0.941. The molecule has 0 aromatic heterocycles. The Morgan fingerprint density at radius 3 is 2.33 bits per heavy atom. The number of carbonyl (C=O) groups is 1. The number of carbonyl (C=O) groups excluding carboxylic acids is 1. The highest BCUT2D eigenvalue weighted by Gasteiger charge is 2.40. The van der Waals surface area contributed by atoms with Crippen molar-refractivity contribution in [2.24, 2.45) is 11.3 Å². The summed E-state index contributed by atoms with van der Waals surface area (Å²) in [6, 6.07) is 0.353. The molecular weight excluding hydrogens is 349 g/mol. The molecule has 2 heterocycles. The van der Waals surface area contributed by atoms with Crippen LogP contribution in [0.1, 0.15) is 38.5 Å². The highest BCUT2D eigenvalue weighted by atomic mass is 35.5. The quantitative estimate of drug-likeness (QED) is 0.736. The Labute approximate surface area is 158 Å². The molecule has 24 heavy (non-hydrogen) atoms. The van der Waals surface area contributed by atoms with Gasteiger partial charge in [-0.1, -0.05) is 0 Å². The summed E-state index contributed by atoms with van der Waals surface area (Å²) in [5.41, 5.74) is -0.314. The zero-order chi connectivity index (χ0) is 15.4. The van der Waals surface area contributed by atoms with Crippen molar-refractivity contribution in [3.63, 3.8) is 0 Å². The summed E-state index contributed by atoms with van der Waals surface area (Å²) in [7, 11) is 1.70. The normalized spacial score (nSPS) is 24.5. The van der Waals surface area contributed by atoms with E-state index in [1.54, 1.807) is 7.11 Å². The molecule has 0 aromatic rings. The smallest absolute Gasteiger partial charge is 0.228 e. The van der Waals surface area contributed by atoms with E-state index >= 15 is 0 Å². The first-order valence-corrected chi connectivity index (χ1v) is 8.95. The first kappa shape index (κ1) is 22.0. The van der Waals surface area contributed by atoms with E-state index in [1.807, 2.05) is 0 Å². The van der Waals surface area contributed by atoms with Crippen molar-refractivity contribution < 1.29 is 9.53 Å². The Morgan fingerprint density at radius 1 is 1.17 bits per heavy atom. The Balaban J connectivity index is 0.00000144. The second-order valence-corrected chi connectivity index (χ2v) is 7.46. The number of hydrogen-bond acceptors (Lipinski definition) is 4. The number of piperidine rings is 2. The minimum atomic E-state index is -0.314. The Hall–Kier alpha value is -0.0700. The standard InChI is InChI=1S/C17H31N3O2.2ClH/c1-22-13-17(6-8-18-9-7-17)16(21)19-15-4-10-20(11-5-15)12-14-2-3-14;;/h14-15,18H,2-13H2,1H3,(H,19,21);2*1H. The van der Waals surface area contributed by atoms with E-state index < -0.39 is 0 Å².